The summed E-state index contributed by atoms with van der Waals surface area (Å²) in [5, 5.41) is 16.6. The van der Waals surface area contributed by atoms with Gasteiger partial charge in [-0.15, -0.1) is 0 Å². The molecule has 0 fully saturated rings. The van der Waals surface area contributed by atoms with Crippen LogP contribution in [0.15, 0.2) is 12.2 Å². The summed E-state index contributed by atoms with van der Waals surface area (Å²) in [6.07, 6.45) is 0.132. The average Bonchev–Trinajstić information content (AvgIpc) is 2.04. The summed E-state index contributed by atoms with van der Waals surface area (Å²) < 4.78 is 4.56. The van der Waals surface area contributed by atoms with E-state index >= 15 is 0 Å². The molecule has 4 nitrogen and oxygen atoms in total. The van der Waals surface area contributed by atoms with Crippen LogP contribution in [-0.2, 0) is 9.53 Å². The van der Waals surface area contributed by atoms with Gasteiger partial charge in [0.25, 0.3) is 0 Å². The summed E-state index contributed by atoms with van der Waals surface area (Å²) in [7, 11) is 0. The monoisotopic (exact) mass is 203 g/mol. The fourth-order valence-corrected chi connectivity index (χ4v) is 0.254. The van der Waals surface area contributed by atoms with Crippen molar-refractivity contribution in [1.82, 2.24) is 0 Å². The number of hydrogen-bond donors (Lipinski definition) is 2. The fraction of sp³-hybridized carbons (Fsp3) is 0.600. The Morgan fingerprint density at radius 3 is 1.93 bits per heavy atom. The van der Waals surface area contributed by atoms with Gasteiger partial charge in [-0.1, -0.05) is 6.58 Å². The Bertz CT molecular complexity index is 179. The summed E-state index contributed by atoms with van der Waals surface area (Å²) in [5.74, 6) is -1.88. The Labute approximate surface area is 85.2 Å². The first-order valence-electron chi connectivity index (χ1n) is 4.31. The van der Waals surface area contributed by atoms with E-state index in [4.69, 9.17) is 10.2 Å². The number of ether oxygens (including phenoxy) is 1. The molecule has 0 aliphatic heterocycles. The minimum atomic E-state index is -1.57. The minimum absolute atomic E-state index is 0.132. The molecule has 4 heteroatoms. The zero-order valence-electron chi connectivity index (χ0n) is 9.04. The van der Waals surface area contributed by atoms with Crippen molar-refractivity contribution in [3.8, 4) is 0 Å². The first-order chi connectivity index (χ1) is 6.24. The molecule has 0 unspecified atom stereocenters. The van der Waals surface area contributed by atoms with E-state index in [0.717, 1.165) is 0 Å². The van der Waals surface area contributed by atoms with Crippen LogP contribution in [0.25, 0.3) is 0 Å². The highest BCUT2D eigenvalue weighted by Gasteiger charge is 2.08. The van der Waals surface area contributed by atoms with E-state index in [1.165, 1.54) is 6.92 Å². The van der Waals surface area contributed by atoms with Gasteiger partial charge in [-0.25, -0.2) is 4.79 Å². The number of carbonyl (C=O) groups is 1. The Hall–Kier alpha value is -0.870. The van der Waals surface area contributed by atoms with Gasteiger partial charge in [0.05, 0.1) is 6.61 Å². The maximum atomic E-state index is 10.4. The van der Waals surface area contributed by atoms with E-state index in [1.807, 2.05) is 0 Å². The zero-order chi connectivity index (χ0) is 11.8. The predicted molar refractivity (Wildman–Crippen MR) is 54.3 cm³/mol. The SMILES string of the molecule is C=C(C)C(=O)OCC.[CH2]CC(C)(O)O. The predicted octanol–water partition coefficient (Wildman–Crippen LogP) is 1.04. The van der Waals surface area contributed by atoms with Crippen LogP contribution in [0.2, 0.25) is 0 Å². The van der Waals surface area contributed by atoms with Crippen LogP contribution in [0.3, 0.4) is 0 Å². The van der Waals surface area contributed by atoms with Crippen molar-refractivity contribution < 1.29 is 19.7 Å². The normalized spacial score (nSPS) is 9.86. The molecule has 0 spiro atoms. The lowest BCUT2D eigenvalue weighted by atomic mass is 10.3. The van der Waals surface area contributed by atoms with E-state index in [2.05, 4.69) is 18.2 Å². The first kappa shape index (κ1) is 15.6. The molecule has 0 bridgehead atoms. The van der Waals surface area contributed by atoms with Gasteiger partial charge in [0.2, 0.25) is 0 Å². The molecule has 1 radical (unpaired) electrons. The van der Waals surface area contributed by atoms with E-state index < -0.39 is 5.79 Å². The van der Waals surface area contributed by atoms with Gasteiger partial charge in [0.15, 0.2) is 5.79 Å². The molecule has 0 amide bonds. The summed E-state index contributed by atoms with van der Waals surface area (Å²) in [4.78, 5) is 10.4. The van der Waals surface area contributed by atoms with Gasteiger partial charge in [0.1, 0.15) is 0 Å². The standard InChI is InChI=1S/C6H10O2.C4H9O2/c1-4-8-6(7)5(2)3;1-3-4(2,5)6/h2,4H2,1,3H3;5-6H,1,3H2,2H3. The van der Waals surface area contributed by atoms with Crippen molar-refractivity contribution in [2.24, 2.45) is 0 Å². The van der Waals surface area contributed by atoms with Crippen LogP contribution in [0.4, 0.5) is 0 Å². The number of hydrogen-bond acceptors (Lipinski definition) is 4. The minimum Gasteiger partial charge on any atom is -0.463 e. The van der Waals surface area contributed by atoms with Crippen LogP contribution < -0.4 is 0 Å². The van der Waals surface area contributed by atoms with Gasteiger partial charge in [-0.05, 0) is 27.7 Å². The highest BCUT2D eigenvalue weighted by Crippen LogP contribution is 1.98. The second-order valence-electron chi connectivity index (χ2n) is 2.97. The van der Waals surface area contributed by atoms with Crippen LogP contribution >= 0.6 is 0 Å². The van der Waals surface area contributed by atoms with Gasteiger partial charge >= 0.3 is 5.97 Å². The van der Waals surface area contributed by atoms with Crippen molar-refractivity contribution in [2.45, 2.75) is 33.0 Å². The number of rotatable bonds is 3. The molecule has 0 aliphatic carbocycles. The maximum absolute atomic E-state index is 10.4. The fourth-order valence-electron chi connectivity index (χ4n) is 0.254. The molecule has 14 heavy (non-hydrogen) atoms. The van der Waals surface area contributed by atoms with Crippen molar-refractivity contribution >= 4 is 5.97 Å². The molecule has 0 saturated carbocycles. The summed E-state index contributed by atoms with van der Waals surface area (Å²) in [6, 6.07) is 0. The quantitative estimate of drug-likeness (QED) is 0.408. The van der Waals surface area contributed by atoms with Crippen molar-refractivity contribution in [2.75, 3.05) is 6.61 Å². The molecule has 0 heterocycles. The Morgan fingerprint density at radius 2 is 1.86 bits per heavy atom. The molecule has 2 N–H and O–H groups in total. The van der Waals surface area contributed by atoms with Crippen LogP contribution in [0, 0.1) is 6.92 Å². The van der Waals surface area contributed by atoms with Gasteiger partial charge in [0, 0.05) is 12.0 Å². The molecule has 0 aromatic carbocycles. The second kappa shape index (κ2) is 7.53. The lowest BCUT2D eigenvalue weighted by Crippen LogP contribution is -2.20. The maximum Gasteiger partial charge on any atom is 0.333 e. The largest absolute Gasteiger partial charge is 0.463 e. The molecule has 0 aliphatic rings. The Kier molecular flexibility index (Phi) is 8.38. The molecule has 0 saturated heterocycles. The van der Waals surface area contributed by atoms with E-state index in [0.29, 0.717) is 12.2 Å². The highest BCUT2D eigenvalue weighted by atomic mass is 16.5. The molecular weight excluding hydrogens is 184 g/mol. The molecule has 0 rings (SSSR count). The van der Waals surface area contributed by atoms with E-state index in [-0.39, 0.29) is 12.4 Å². The Balaban J connectivity index is 0. The molecular formula is C10H19O4. The lowest BCUT2D eigenvalue weighted by Gasteiger charge is -2.10. The second-order valence-corrected chi connectivity index (χ2v) is 2.97. The number of esters is 1. The third kappa shape index (κ3) is 13.7. The smallest absolute Gasteiger partial charge is 0.333 e. The molecule has 0 aromatic heterocycles. The van der Waals surface area contributed by atoms with E-state index in [9.17, 15) is 4.79 Å². The topological polar surface area (TPSA) is 66.8 Å². The zero-order valence-corrected chi connectivity index (χ0v) is 9.04. The molecule has 83 valence electrons. The summed E-state index contributed by atoms with van der Waals surface area (Å²) in [6.45, 7) is 11.8. The van der Waals surface area contributed by atoms with E-state index in [1.54, 1.807) is 13.8 Å². The molecule has 0 aromatic rings. The Morgan fingerprint density at radius 1 is 1.50 bits per heavy atom. The van der Waals surface area contributed by atoms with Crippen molar-refractivity contribution in [3.05, 3.63) is 19.1 Å². The van der Waals surface area contributed by atoms with Crippen LogP contribution in [0.1, 0.15) is 27.2 Å². The third-order valence-electron chi connectivity index (χ3n) is 1.10. The summed E-state index contributed by atoms with van der Waals surface area (Å²) >= 11 is 0. The number of carbonyl (C=O) groups excluding carboxylic acids is 1. The first-order valence-corrected chi connectivity index (χ1v) is 4.31. The van der Waals surface area contributed by atoms with Crippen LogP contribution in [-0.4, -0.2) is 28.6 Å². The van der Waals surface area contributed by atoms with Gasteiger partial charge in [-0.2, -0.15) is 0 Å². The summed E-state index contributed by atoms with van der Waals surface area (Å²) in [5.41, 5.74) is 0.451. The lowest BCUT2D eigenvalue weighted by molar-refractivity contribution is -0.141. The van der Waals surface area contributed by atoms with Crippen LogP contribution in [0.5, 0.6) is 0 Å². The van der Waals surface area contributed by atoms with Crippen molar-refractivity contribution in [3.63, 3.8) is 0 Å². The third-order valence-corrected chi connectivity index (χ3v) is 1.10. The number of aliphatic hydroxyl groups is 2. The van der Waals surface area contributed by atoms with Gasteiger partial charge in [-0.3, -0.25) is 0 Å². The van der Waals surface area contributed by atoms with Gasteiger partial charge < -0.3 is 14.9 Å². The van der Waals surface area contributed by atoms with Crippen molar-refractivity contribution in [1.29, 1.82) is 0 Å². The molecule has 0 atom stereocenters. The highest BCUT2D eigenvalue weighted by molar-refractivity contribution is 5.86. The average molecular weight is 203 g/mol.